The van der Waals surface area contributed by atoms with E-state index in [9.17, 15) is 14.4 Å². The summed E-state index contributed by atoms with van der Waals surface area (Å²) in [5, 5.41) is 8.66. The number of carbonyl (C=O) groups excluding carboxylic acids is 2. The van der Waals surface area contributed by atoms with Gasteiger partial charge in [-0.15, -0.1) is 0 Å². The van der Waals surface area contributed by atoms with Gasteiger partial charge in [-0.3, -0.25) is 4.79 Å². The predicted molar refractivity (Wildman–Crippen MR) is 94.1 cm³/mol. The van der Waals surface area contributed by atoms with Gasteiger partial charge < -0.3 is 14.3 Å². The Labute approximate surface area is 145 Å². The molecular formula is C17H30O6Si. The number of carbonyl (C=O) groups is 3. The van der Waals surface area contributed by atoms with E-state index in [0.717, 1.165) is 24.2 Å². The minimum atomic E-state index is -1.90. The summed E-state index contributed by atoms with van der Waals surface area (Å²) in [7, 11) is -1.90. The third kappa shape index (κ3) is 8.28. The third-order valence-corrected chi connectivity index (χ3v) is 8.74. The zero-order chi connectivity index (χ0) is 18.6. The molecule has 138 valence electrons. The molecule has 1 N–H and O–H groups in total. The second-order valence-corrected chi connectivity index (χ2v) is 10.4. The van der Waals surface area contributed by atoms with Crippen molar-refractivity contribution in [1.29, 1.82) is 0 Å². The smallest absolute Gasteiger partial charge is 0.334 e. The summed E-state index contributed by atoms with van der Waals surface area (Å²) in [4.78, 5) is 34.2. The topological polar surface area (TPSA) is 89.9 Å². The molecule has 0 atom stereocenters. The van der Waals surface area contributed by atoms with E-state index in [-0.39, 0.29) is 18.1 Å². The number of carboxylic acids is 1. The van der Waals surface area contributed by atoms with E-state index in [1.165, 1.54) is 0 Å². The molecule has 0 bridgehead atoms. The van der Waals surface area contributed by atoms with Crippen LogP contribution < -0.4 is 0 Å². The van der Waals surface area contributed by atoms with Crippen molar-refractivity contribution >= 4 is 26.2 Å². The first-order valence-corrected chi connectivity index (χ1v) is 11.2. The van der Waals surface area contributed by atoms with Crippen LogP contribution in [0.4, 0.5) is 0 Å². The maximum atomic E-state index is 11.9. The molecule has 6 nitrogen and oxygen atoms in total. The van der Waals surface area contributed by atoms with Gasteiger partial charge in [-0.25, -0.2) is 9.59 Å². The lowest BCUT2D eigenvalue weighted by atomic mass is 10.2. The SMILES string of the molecule is CC/C(=C\C(=O)O)C(=O)OCCCCC(=O)O[Si](CC)(CC)CC. The first kappa shape index (κ1) is 22.4. The first-order valence-electron chi connectivity index (χ1n) is 8.66. The Kier molecular flexibility index (Phi) is 11.0. The highest BCUT2D eigenvalue weighted by molar-refractivity contribution is 6.74. The standard InChI is InChI=1S/C17H30O6Si/c1-5-14(13-15(18)19)17(21)22-12-10-9-11-16(20)23-24(6-2,7-3)8-4/h13H,5-12H2,1-4H3,(H,18,19)/b14-13+. The van der Waals surface area contributed by atoms with Crippen molar-refractivity contribution in [3.05, 3.63) is 11.6 Å². The fourth-order valence-electron chi connectivity index (χ4n) is 2.34. The number of rotatable bonds is 12. The quantitative estimate of drug-likeness (QED) is 0.248. The Morgan fingerprint density at radius 2 is 1.58 bits per heavy atom. The molecule has 0 aromatic rings. The van der Waals surface area contributed by atoms with Gasteiger partial charge in [0.1, 0.15) is 0 Å². The predicted octanol–water partition coefficient (Wildman–Crippen LogP) is 3.67. The molecule has 0 heterocycles. The van der Waals surface area contributed by atoms with Gasteiger partial charge in [0.05, 0.1) is 6.61 Å². The number of hydrogen-bond acceptors (Lipinski definition) is 5. The molecule has 7 heteroatoms. The van der Waals surface area contributed by atoms with Crippen LogP contribution in [0.25, 0.3) is 0 Å². The highest BCUT2D eigenvalue weighted by atomic mass is 28.4. The molecule has 0 saturated carbocycles. The van der Waals surface area contributed by atoms with Crippen LogP contribution in [-0.2, 0) is 23.5 Å². The van der Waals surface area contributed by atoms with Gasteiger partial charge >= 0.3 is 11.9 Å². The molecule has 0 amide bonds. The molecule has 0 aromatic heterocycles. The summed E-state index contributed by atoms with van der Waals surface area (Å²) in [6.07, 6.45) is 2.61. The summed E-state index contributed by atoms with van der Waals surface area (Å²) >= 11 is 0. The number of hydrogen-bond donors (Lipinski definition) is 1. The van der Waals surface area contributed by atoms with Gasteiger partial charge in [0, 0.05) is 18.1 Å². The average Bonchev–Trinajstić information content (AvgIpc) is 2.57. The maximum absolute atomic E-state index is 11.9. The molecule has 0 fully saturated rings. The molecule has 24 heavy (non-hydrogen) atoms. The molecule has 0 unspecified atom stereocenters. The summed E-state index contributed by atoms with van der Waals surface area (Å²) < 4.78 is 10.8. The molecule has 0 radical (unpaired) electrons. The lowest BCUT2D eigenvalue weighted by Crippen LogP contribution is -2.38. The molecule has 0 aromatic carbocycles. The van der Waals surface area contributed by atoms with Crippen molar-refractivity contribution in [2.45, 2.75) is 71.5 Å². The van der Waals surface area contributed by atoms with Gasteiger partial charge in [-0.05, 0) is 37.4 Å². The van der Waals surface area contributed by atoms with Crippen LogP contribution in [-0.4, -0.2) is 37.9 Å². The fourth-order valence-corrected chi connectivity index (χ4v) is 4.86. The minimum absolute atomic E-state index is 0.131. The van der Waals surface area contributed by atoms with E-state index in [1.807, 2.05) is 0 Å². The first-order chi connectivity index (χ1) is 11.3. The zero-order valence-electron chi connectivity index (χ0n) is 15.2. The van der Waals surface area contributed by atoms with E-state index in [1.54, 1.807) is 6.92 Å². The van der Waals surface area contributed by atoms with Crippen molar-refractivity contribution in [2.75, 3.05) is 6.61 Å². The van der Waals surface area contributed by atoms with Crippen molar-refractivity contribution < 1.29 is 28.7 Å². The summed E-state index contributed by atoms with van der Waals surface area (Å²) in [5.41, 5.74) is 0.131. The summed E-state index contributed by atoms with van der Waals surface area (Å²) in [6, 6.07) is 2.79. The van der Waals surface area contributed by atoms with Crippen molar-refractivity contribution in [3.63, 3.8) is 0 Å². The number of esters is 1. The van der Waals surface area contributed by atoms with Crippen LogP contribution >= 0.6 is 0 Å². The largest absolute Gasteiger partial charge is 0.519 e. The zero-order valence-corrected chi connectivity index (χ0v) is 16.2. The lowest BCUT2D eigenvalue weighted by Gasteiger charge is -2.27. The normalized spacial score (nSPS) is 11.9. The molecule has 0 aliphatic rings. The summed E-state index contributed by atoms with van der Waals surface area (Å²) in [5.74, 6) is -1.95. The van der Waals surface area contributed by atoms with Crippen LogP contribution in [0.2, 0.25) is 18.1 Å². The number of ether oxygens (including phenoxy) is 1. The molecule has 0 aliphatic heterocycles. The second-order valence-electron chi connectivity index (χ2n) is 5.67. The second kappa shape index (κ2) is 11.8. The van der Waals surface area contributed by atoms with Crippen molar-refractivity contribution in [3.8, 4) is 0 Å². The fraction of sp³-hybridized carbons (Fsp3) is 0.706. The van der Waals surface area contributed by atoms with E-state index >= 15 is 0 Å². The molecular weight excluding hydrogens is 328 g/mol. The van der Waals surface area contributed by atoms with Gasteiger partial charge in [-0.2, -0.15) is 0 Å². The molecule has 0 aliphatic carbocycles. The maximum Gasteiger partial charge on any atom is 0.334 e. The van der Waals surface area contributed by atoms with Gasteiger partial charge in [-0.1, -0.05) is 27.7 Å². The van der Waals surface area contributed by atoms with Crippen molar-refractivity contribution in [2.24, 2.45) is 0 Å². The van der Waals surface area contributed by atoms with Gasteiger partial charge in [0.15, 0.2) is 0 Å². The van der Waals surface area contributed by atoms with Crippen LogP contribution in [0.15, 0.2) is 11.6 Å². The third-order valence-electron chi connectivity index (χ3n) is 4.21. The van der Waals surface area contributed by atoms with Crippen LogP contribution in [0.3, 0.4) is 0 Å². The Morgan fingerprint density at radius 1 is 1.00 bits per heavy atom. The Morgan fingerprint density at radius 3 is 2.04 bits per heavy atom. The number of aliphatic carboxylic acids is 1. The van der Waals surface area contributed by atoms with E-state index in [2.05, 4.69) is 20.8 Å². The van der Waals surface area contributed by atoms with E-state index in [0.29, 0.717) is 25.7 Å². The van der Waals surface area contributed by atoms with Gasteiger partial charge in [0.25, 0.3) is 14.3 Å². The van der Waals surface area contributed by atoms with E-state index < -0.39 is 20.3 Å². The average molecular weight is 359 g/mol. The van der Waals surface area contributed by atoms with Crippen LogP contribution in [0.1, 0.15) is 53.4 Å². The highest BCUT2D eigenvalue weighted by Crippen LogP contribution is 2.22. The molecule has 0 rings (SSSR count). The Balaban J connectivity index is 4.12. The monoisotopic (exact) mass is 358 g/mol. The van der Waals surface area contributed by atoms with Crippen LogP contribution in [0, 0.1) is 0 Å². The van der Waals surface area contributed by atoms with E-state index in [4.69, 9.17) is 14.3 Å². The summed E-state index contributed by atoms with van der Waals surface area (Å²) in [6.45, 7) is 8.07. The van der Waals surface area contributed by atoms with Gasteiger partial charge in [0.2, 0.25) is 0 Å². The Hall–Kier alpha value is -1.63. The lowest BCUT2D eigenvalue weighted by molar-refractivity contribution is -0.140. The van der Waals surface area contributed by atoms with Crippen molar-refractivity contribution in [1.82, 2.24) is 0 Å². The molecule has 0 saturated heterocycles. The van der Waals surface area contributed by atoms with Crippen LogP contribution in [0.5, 0.6) is 0 Å². The minimum Gasteiger partial charge on any atom is -0.519 e. The Bertz CT molecular complexity index is 446. The highest BCUT2D eigenvalue weighted by Gasteiger charge is 2.32. The number of unbranched alkanes of at least 4 members (excludes halogenated alkanes) is 1. The number of carboxylic acid groups (broad SMARTS) is 1. The molecule has 0 spiro atoms.